The lowest BCUT2D eigenvalue weighted by Gasteiger charge is -2.12. The van der Waals surface area contributed by atoms with Gasteiger partial charge in [-0.05, 0) is 19.1 Å². The van der Waals surface area contributed by atoms with Gasteiger partial charge in [-0.2, -0.15) is 0 Å². The molecule has 0 aliphatic carbocycles. The van der Waals surface area contributed by atoms with E-state index in [4.69, 9.17) is 5.73 Å². The van der Waals surface area contributed by atoms with Gasteiger partial charge in [-0.1, -0.05) is 16.6 Å². The van der Waals surface area contributed by atoms with Gasteiger partial charge < -0.3 is 5.73 Å². The molecule has 1 aromatic rings. The highest BCUT2D eigenvalue weighted by molar-refractivity contribution is 5.65. The van der Waals surface area contributed by atoms with Crippen molar-refractivity contribution in [3.05, 3.63) is 24.3 Å². The van der Waals surface area contributed by atoms with Crippen molar-refractivity contribution in [3.63, 3.8) is 0 Å². The SMILES string of the molecule is CCN(F)c1ccccc1N. The van der Waals surface area contributed by atoms with Crippen LogP contribution in [0.15, 0.2) is 24.3 Å². The van der Waals surface area contributed by atoms with Crippen LogP contribution < -0.4 is 10.9 Å². The van der Waals surface area contributed by atoms with Crippen molar-refractivity contribution in [2.75, 3.05) is 17.4 Å². The van der Waals surface area contributed by atoms with Gasteiger partial charge >= 0.3 is 0 Å². The number of hydrogen-bond donors (Lipinski definition) is 1. The fourth-order valence-corrected chi connectivity index (χ4v) is 0.879. The van der Waals surface area contributed by atoms with E-state index in [1.54, 1.807) is 31.2 Å². The van der Waals surface area contributed by atoms with Crippen molar-refractivity contribution in [3.8, 4) is 0 Å². The van der Waals surface area contributed by atoms with Gasteiger partial charge in [0.2, 0.25) is 0 Å². The van der Waals surface area contributed by atoms with Crippen molar-refractivity contribution < 1.29 is 4.48 Å². The van der Waals surface area contributed by atoms with Crippen LogP contribution in [0.2, 0.25) is 0 Å². The zero-order valence-corrected chi connectivity index (χ0v) is 6.42. The van der Waals surface area contributed by atoms with Crippen molar-refractivity contribution in [1.29, 1.82) is 0 Å². The zero-order valence-electron chi connectivity index (χ0n) is 6.42. The highest BCUT2D eigenvalue weighted by Crippen LogP contribution is 2.21. The third-order valence-corrected chi connectivity index (χ3v) is 1.48. The monoisotopic (exact) mass is 154 g/mol. The van der Waals surface area contributed by atoms with Gasteiger partial charge in [0.15, 0.2) is 0 Å². The molecule has 1 rings (SSSR count). The molecule has 0 aromatic heterocycles. The Kier molecular flexibility index (Phi) is 2.31. The lowest BCUT2D eigenvalue weighted by molar-refractivity contribution is 0.445. The largest absolute Gasteiger partial charge is 0.397 e. The van der Waals surface area contributed by atoms with Crippen molar-refractivity contribution in [2.45, 2.75) is 6.92 Å². The topological polar surface area (TPSA) is 29.3 Å². The minimum atomic E-state index is 0.314. The van der Waals surface area contributed by atoms with E-state index < -0.39 is 0 Å². The maximum absolute atomic E-state index is 12.9. The van der Waals surface area contributed by atoms with E-state index in [-0.39, 0.29) is 0 Å². The first-order chi connectivity index (χ1) is 5.25. The number of nitrogens with two attached hydrogens (primary N) is 1. The van der Waals surface area contributed by atoms with Crippen LogP contribution in [0, 0.1) is 0 Å². The second-order valence-electron chi connectivity index (χ2n) is 2.24. The highest BCUT2D eigenvalue weighted by atomic mass is 19.2. The number of nitrogens with zero attached hydrogens (tertiary/aromatic N) is 1. The molecule has 0 aliphatic heterocycles. The van der Waals surface area contributed by atoms with Crippen LogP contribution in [0.1, 0.15) is 6.92 Å². The summed E-state index contributed by atoms with van der Waals surface area (Å²) in [7, 11) is 0. The summed E-state index contributed by atoms with van der Waals surface area (Å²) in [5.41, 5.74) is 6.42. The summed E-state index contributed by atoms with van der Waals surface area (Å²) in [5.74, 6) is 0. The quantitative estimate of drug-likeness (QED) is 0.521. The van der Waals surface area contributed by atoms with Crippen molar-refractivity contribution >= 4 is 11.4 Å². The van der Waals surface area contributed by atoms with E-state index in [0.29, 0.717) is 23.0 Å². The minimum Gasteiger partial charge on any atom is -0.397 e. The van der Waals surface area contributed by atoms with Crippen LogP contribution in [0.3, 0.4) is 0 Å². The van der Waals surface area contributed by atoms with E-state index in [1.807, 2.05) is 0 Å². The summed E-state index contributed by atoms with van der Waals surface area (Å²) < 4.78 is 12.9. The normalized spacial score (nSPS) is 9.64. The Morgan fingerprint density at radius 1 is 1.45 bits per heavy atom. The smallest absolute Gasteiger partial charge is 0.0916 e. The molecule has 0 heterocycles. The molecule has 0 radical (unpaired) electrons. The van der Waals surface area contributed by atoms with E-state index in [2.05, 4.69) is 0 Å². The molecule has 11 heavy (non-hydrogen) atoms. The Balaban J connectivity index is 2.93. The zero-order chi connectivity index (χ0) is 8.27. The van der Waals surface area contributed by atoms with Crippen molar-refractivity contribution in [2.24, 2.45) is 0 Å². The summed E-state index contributed by atoms with van der Waals surface area (Å²) in [5, 5.41) is 0.620. The molecule has 1 aromatic carbocycles. The van der Waals surface area contributed by atoms with Crippen LogP contribution in [0.4, 0.5) is 15.9 Å². The molecule has 0 saturated heterocycles. The molecule has 0 spiro atoms. The number of hydrogen-bond acceptors (Lipinski definition) is 2. The fourth-order valence-electron chi connectivity index (χ4n) is 0.879. The maximum atomic E-state index is 12.9. The summed E-state index contributed by atoms with van der Waals surface area (Å²) in [6.45, 7) is 2.04. The molecule has 2 N–H and O–H groups in total. The van der Waals surface area contributed by atoms with Crippen LogP contribution in [0.25, 0.3) is 0 Å². The first-order valence-corrected chi connectivity index (χ1v) is 3.53. The Morgan fingerprint density at radius 2 is 2.09 bits per heavy atom. The van der Waals surface area contributed by atoms with Crippen LogP contribution in [0.5, 0.6) is 0 Å². The fraction of sp³-hybridized carbons (Fsp3) is 0.250. The first kappa shape index (κ1) is 7.85. The first-order valence-electron chi connectivity index (χ1n) is 3.53. The number of nitrogen functional groups attached to an aromatic ring is 1. The van der Waals surface area contributed by atoms with E-state index in [1.165, 1.54) is 0 Å². The number of rotatable bonds is 2. The predicted octanol–water partition coefficient (Wildman–Crippen LogP) is 1.98. The molecule has 0 aliphatic rings. The molecule has 0 bridgehead atoms. The van der Waals surface area contributed by atoms with Crippen LogP contribution >= 0.6 is 0 Å². The average Bonchev–Trinajstić information content (AvgIpc) is 2.04. The van der Waals surface area contributed by atoms with Gasteiger partial charge in [0.25, 0.3) is 0 Å². The lowest BCUT2D eigenvalue weighted by atomic mass is 10.3. The second kappa shape index (κ2) is 3.23. The van der Waals surface area contributed by atoms with Gasteiger partial charge in [-0.3, -0.25) is 0 Å². The summed E-state index contributed by atoms with van der Waals surface area (Å²) in [6.07, 6.45) is 0. The standard InChI is InChI=1S/C8H11FN2/c1-2-11(9)8-6-4-3-5-7(8)10/h3-6H,2,10H2,1H3. The average molecular weight is 154 g/mol. The van der Waals surface area contributed by atoms with E-state index in [9.17, 15) is 4.48 Å². The maximum Gasteiger partial charge on any atom is 0.0916 e. The number of halogens is 1. The molecular formula is C8H11FN2. The highest BCUT2D eigenvalue weighted by Gasteiger charge is 2.03. The second-order valence-corrected chi connectivity index (χ2v) is 2.24. The number of anilines is 2. The minimum absolute atomic E-state index is 0.314. The molecule has 0 fully saturated rings. The molecule has 2 nitrogen and oxygen atoms in total. The molecule has 3 heteroatoms. The van der Waals surface area contributed by atoms with E-state index >= 15 is 0 Å². The number of benzene rings is 1. The van der Waals surface area contributed by atoms with Gasteiger partial charge in [0.1, 0.15) is 0 Å². The van der Waals surface area contributed by atoms with Gasteiger partial charge in [0.05, 0.1) is 11.4 Å². The summed E-state index contributed by atoms with van der Waals surface area (Å²) in [4.78, 5) is 0. The third kappa shape index (κ3) is 1.61. The Labute approximate surface area is 65.4 Å². The Hall–Kier alpha value is -1.25. The van der Waals surface area contributed by atoms with Gasteiger partial charge in [-0.15, -0.1) is 0 Å². The van der Waals surface area contributed by atoms with Crippen LogP contribution in [-0.4, -0.2) is 6.54 Å². The van der Waals surface area contributed by atoms with Crippen molar-refractivity contribution in [1.82, 2.24) is 0 Å². The molecule has 0 unspecified atom stereocenters. The third-order valence-electron chi connectivity index (χ3n) is 1.48. The van der Waals surface area contributed by atoms with E-state index in [0.717, 1.165) is 0 Å². The van der Waals surface area contributed by atoms with Crippen LogP contribution in [-0.2, 0) is 0 Å². The molecule has 0 saturated carbocycles. The summed E-state index contributed by atoms with van der Waals surface area (Å²) >= 11 is 0. The number of para-hydroxylation sites is 2. The van der Waals surface area contributed by atoms with Gasteiger partial charge in [0, 0.05) is 6.54 Å². The molecule has 0 amide bonds. The lowest BCUT2D eigenvalue weighted by Crippen LogP contribution is -2.11. The Bertz CT molecular complexity index is 237. The molecular weight excluding hydrogens is 143 g/mol. The van der Waals surface area contributed by atoms with Gasteiger partial charge in [-0.25, -0.2) is 5.12 Å². The molecule has 60 valence electrons. The molecule has 0 atom stereocenters. The summed E-state index contributed by atoms with van der Waals surface area (Å²) in [6, 6.07) is 6.87. The predicted molar refractivity (Wildman–Crippen MR) is 45.0 cm³/mol. The Morgan fingerprint density at radius 3 is 2.64 bits per heavy atom.